The predicted molar refractivity (Wildman–Crippen MR) is 71.1 cm³/mol. The monoisotopic (exact) mass is 252 g/mol. The molecule has 2 rings (SSSR count). The highest BCUT2D eigenvalue weighted by molar-refractivity contribution is 5.08. The average molecular weight is 252 g/mol. The van der Waals surface area contributed by atoms with Crippen LogP contribution in [-0.4, -0.2) is 47.5 Å². The lowest BCUT2D eigenvalue weighted by Crippen LogP contribution is -2.56. The van der Waals surface area contributed by atoms with Gasteiger partial charge in [-0.15, -0.1) is 0 Å². The average Bonchev–Trinajstić information content (AvgIpc) is 3.11. The third kappa shape index (κ3) is 2.58. The number of likely N-dealkylation sites (N-methyl/N-ethyl adjacent to an activating group) is 1. The largest absolute Gasteiger partial charge is 0.383 e. The molecule has 0 amide bonds. The number of hydrogen-bond acceptors (Lipinski definition) is 4. The lowest BCUT2D eigenvalue weighted by molar-refractivity contribution is 0.0104. The first-order chi connectivity index (χ1) is 8.62. The minimum Gasteiger partial charge on any atom is -0.383 e. The van der Waals surface area contributed by atoms with Crippen LogP contribution in [0, 0.1) is 5.92 Å². The molecule has 102 valence electrons. The van der Waals surface area contributed by atoms with Gasteiger partial charge in [0.25, 0.3) is 0 Å². The number of methoxy groups -OCH3 is 1. The molecular weight excluding hydrogens is 228 g/mol. The third-order valence-corrected chi connectivity index (χ3v) is 4.02. The summed E-state index contributed by atoms with van der Waals surface area (Å²) in [6.45, 7) is 2.21. The van der Waals surface area contributed by atoms with Gasteiger partial charge >= 0.3 is 0 Å². The number of nitrogens with two attached hydrogens (primary N) is 1. The zero-order valence-electron chi connectivity index (χ0n) is 11.6. The molecule has 0 radical (unpaired) electrons. The zero-order chi connectivity index (χ0) is 13.2. The summed E-state index contributed by atoms with van der Waals surface area (Å²) in [4.78, 5) is 2.34. The Morgan fingerprint density at radius 3 is 2.78 bits per heavy atom. The summed E-state index contributed by atoms with van der Waals surface area (Å²) in [5.74, 6) is 0.670. The Morgan fingerprint density at radius 2 is 2.33 bits per heavy atom. The van der Waals surface area contributed by atoms with Crippen LogP contribution in [0.1, 0.15) is 18.4 Å². The van der Waals surface area contributed by atoms with Gasteiger partial charge in [-0.2, -0.15) is 5.10 Å². The van der Waals surface area contributed by atoms with Gasteiger partial charge in [0.05, 0.1) is 18.3 Å². The van der Waals surface area contributed by atoms with E-state index in [2.05, 4.69) is 23.2 Å². The summed E-state index contributed by atoms with van der Waals surface area (Å²) in [5.41, 5.74) is 7.25. The SMILES string of the molecule is COCC(CN)(C1CC1)N(C)Cc1cnn(C)c1. The van der Waals surface area contributed by atoms with Gasteiger partial charge in [-0.25, -0.2) is 0 Å². The molecule has 1 aliphatic rings. The molecule has 18 heavy (non-hydrogen) atoms. The molecule has 1 fully saturated rings. The summed E-state index contributed by atoms with van der Waals surface area (Å²) in [6.07, 6.45) is 6.49. The van der Waals surface area contributed by atoms with Crippen molar-refractivity contribution >= 4 is 0 Å². The highest BCUT2D eigenvalue weighted by Gasteiger charge is 2.47. The maximum Gasteiger partial charge on any atom is 0.0661 e. The van der Waals surface area contributed by atoms with E-state index in [1.807, 2.05) is 17.9 Å². The van der Waals surface area contributed by atoms with Gasteiger partial charge < -0.3 is 10.5 Å². The predicted octanol–water partition coefficient (Wildman–Crippen LogP) is 0.606. The molecule has 0 saturated heterocycles. The topological polar surface area (TPSA) is 56.3 Å². The molecule has 0 aromatic carbocycles. The summed E-state index contributed by atoms with van der Waals surface area (Å²) >= 11 is 0. The molecule has 1 aliphatic carbocycles. The second-order valence-corrected chi connectivity index (χ2v) is 5.39. The first-order valence-corrected chi connectivity index (χ1v) is 6.50. The molecule has 1 aromatic rings. The first-order valence-electron chi connectivity index (χ1n) is 6.50. The molecule has 2 N–H and O–H groups in total. The number of nitrogens with zero attached hydrogens (tertiary/aromatic N) is 3. The van der Waals surface area contributed by atoms with Crippen molar-refractivity contribution in [1.82, 2.24) is 14.7 Å². The van der Waals surface area contributed by atoms with Crippen molar-refractivity contribution in [3.63, 3.8) is 0 Å². The van der Waals surface area contributed by atoms with Crippen molar-refractivity contribution in [2.45, 2.75) is 24.9 Å². The Hall–Kier alpha value is -0.910. The number of rotatable bonds is 7. The Kier molecular flexibility index (Phi) is 4.04. The van der Waals surface area contributed by atoms with Crippen LogP contribution in [-0.2, 0) is 18.3 Å². The summed E-state index contributed by atoms with van der Waals surface area (Å²) in [6, 6.07) is 0. The zero-order valence-corrected chi connectivity index (χ0v) is 11.6. The Labute approximate surface area is 109 Å². The normalized spacial score (nSPS) is 19.2. The fourth-order valence-corrected chi connectivity index (χ4v) is 2.78. The Bertz CT molecular complexity index is 388. The van der Waals surface area contributed by atoms with E-state index in [4.69, 9.17) is 10.5 Å². The summed E-state index contributed by atoms with van der Waals surface area (Å²) in [5, 5.41) is 4.21. The van der Waals surface area contributed by atoms with E-state index >= 15 is 0 Å². The highest BCUT2D eigenvalue weighted by atomic mass is 16.5. The number of hydrogen-bond donors (Lipinski definition) is 1. The van der Waals surface area contributed by atoms with E-state index in [-0.39, 0.29) is 5.54 Å². The van der Waals surface area contributed by atoms with E-state index in [1.165, 1.54) is 18.4 Å². The van der Waals surface area contributed by atoms with E-state index in [0.29, 0.717) is 19.1 Å². The van der Waals surface area contributed by atoms with Crippen LogP contribution in [0.4, 0.5) is 0 Å². The van der Waals surface area contributed by atoms with Crippen LogP contribution in [0.5, 0.6) is 0 Å². The second kappa shape index (κ2) is 5.38. The van der Waals surface area contributed by atoms with E-state index in [0.717, 1.165) is 6.54 Å². The van der Waals surface area contributed by atoms with Gasteiger partial charge in [0.1, 0.15) is 0 Å². The van der Waals surface area contributed by atoms with Crippen molar-refractivity contribution < 1.29 is 4.74 Å². The van der Waals surface area contributed by atoms with Gasteiger partial charge in [0.2, 0.25) is 0 Å². The molecule has 1 unspecified atom stereocenters. The molecule has 0 spiro atoms. The van der Waals surface area contributed by atoms with Gasteiger partial charge in [-0.3, -0.25) is 9.58 Å². The molecule has 0 aliphatic heterocycles. The molecule has 0 bridgehead atoms. The Balaban J connectivity index is 2.09. The standard InChI is InChI=1S/C13H24N4O/c1-16(7-11-6-15-17(2)8-11)13(9-14,10-18-3)12-4-5-12/h6,8,12H,4-5,7,9-10,14H2,1-3H3. The molecular formula is C13H24N4O. The maximum absolute atomic E-state index is 6.05. The van der Waals surface area contributed by atoms with E-state index in [1.54, 1.807) is 7.11 Å². The van der Waals surface area contributed by atoms with Crippen molar-refractivity contribution in [2.24, 2.45) is 18.7 Å². The van der Waals surface area contributed by atoms with Crippen molar-refractivity contribution in [3.8, 4) is 0 Å². The lowest BCUT2D eigenvalue weighted by Gasteiger charge is -2.41. The van der Waals surface area contributed by atoms with Crippen LogP contribution in [0.25, 0.3) is 0 Å². The van der Waals surface area contributed by atoms with Crippen LogP contribution in [0.15, 0.2) is 12.4 Å². The Morgan fingerprint density at radius 1 is 1.61 bits per heavy atom. The van der Waals surface area contributed by atoms with Gasteiger partial charge in [0, 0.05) is 39.0 Å². The third-order valence-electron chi connectivity index (χ3n) is 4.02. The second-order valence-electron chi connectivity index (χ2n) is 5.39. The first kappa shape index (κ1) is 13.5. The number of aromatic nitrogens is 2. The fourth-order valence-electron chi connectivity index (χ4n) is 2.78. The highest BCUT2D eigenvalue weighted by Crippen LogP contribution is 2.42. The molecule has 5 heteroatoms. The fraction of sp³-hybridized carbons (Fsp3) is 0.769. The smallest absolute Gasteiger partial charge is 0.0661 e. The van der Waals surface area contributed by atoms with Gasteiger partial charge in [-0.05, 0) is 25.8 Å². The summed E-state index contributed by atoms with van der Waals surface area (Å²) in [7, 11) is 5.83. The minimum absolute atomic E-state index is 0.0232. The van der Waals surface area contributed by atoms with E-state index < -0.39 is 0 Å². The van der Waals surface area contributed by atoms with Crippen LogP contribution in [0.2, 0.25) is 0 Å². The molecule has 1 aromatic heterocycles. The lowest BCUT2D eigenvalue weighted by atomic mass is 9.92. The van der Waals surface area contributed by atoms with Crippen molar-refractivity contribution in [1.29, 1.82) is 0 Å². The van der Waals surface area contributed by atoms with E-state index in [9.17, 15) is 0 Å². The van der Waals surface area contributed by atoms with Crippen molar-refractivity contribution in [3.05, 3.63) is 18.0 Å². The molecule has 5 nitrogen and oxygen atoms in total. The van der Waals surface area contributed by atoms with Gasteiger partial charge in [0.15, 0.2) is 0 Å². The molecule has 1 atom stereocenters. The van der Waals surface area contributed by atoms with Crippen LogP contribution >= 0.6 is 0 Å². The molecule has 1 heterocycles. The number of aryl methyl sites for hydroxylation is 1. The van der Waals surface area contributed by atoms with Crippen LogP contribution in [0.3, 0.4) is 0 Å². The maximum atomic E-state index is 6.05. The quantitative estimate of drug-likeness (QED) is 0.772. The minimum atomic E-state index is -0.0232. The van der Waals surface area contributed by atoms with Crippen LogP contribution < -0.4 is 5.73 Å². The number of ether oxygens (including phenoxy) is 1. The van der Waals surface area contributed by atoms with Crippen molar-refractivity contribution in [2.75, 3.05) is 27.3 Å². The van der Waals surface area contributed by atoms with Gasteiger partial charge in [-0.1, -0.05) is 0 Å². The summed E-state index contributed by atoms with van der Waals surface area (Å²) < 4.78 is 7.26. The molecule has 1 saturated carbocycles.